The third kappa shape index (κ3) is 3.99. The number of aliphatic hydroxyl groups excluding tert-OH is 1. The number of hydrogen-bond donors (Lipinski definition) is 1. The van der Waals surface area contributed by atoms with Crippen LogP contribution in [0.3, 0.4) is 0 Å². The van der Waals surface area contributed by atoms with Crippen molar-refractivity contribution in [1.29, 1.82) is 0 Å². The van der Waals surface area contributed by atoms with Crippen molar-refractivity contribution in [3.63, 3.8) is 0 Å². The van der Waals surface area contributed by atoms with E-state index in [9.17, 15) is 9.90 Å². The Morgan fingerprint density at radius 3 is 2.64 bits per heavy atom. The molecule has 0 aliphatic carbocycles. The number of aliphatic hydroxyl groups is 1. The number of hydrogen-bond acceptors (Lipinski definition) is 4. The fraction of sp³-hybridized carbons (Fsp3) is 0.588. The largest absolute Gasteiger partial charge is 0.481 e. The van der Waals surface area contributed by atoms with E-state index in [1.165, 1.54) is 5.56 Å². The van der Waals surface area contributed by atoms with Gasteiger partial charge in [0.1, 0.15) is 5.75 Å². The molecular weight excluding hydrogens is 282 g/mol. The van der Waals surface area contributed by atoms with E-state index in [4.69, 9.17) is 9.47 Å². The van der Waals surface area contributed by atoms with Crippen molar-refractivity contribution in [2.24, 2.45) is 0 Å². The van der Waals surface area contributed by atoms with E-state index in [1.54, 1.807) is 11.8 Å². The number of morpholine rings is 1. The van der Waals surface area contributed by atoms with E-state index in [2.05, 4.69) is 13.8 Å². The molecule has 1 aromatic carbocycles. The molecule has 0 bridgehead atoms. The zero-order valence-electron chi connectivity index (χ0n) is 13.5. The summed E-state index contributed by atoms with van der Waals surface area (Å²) in [4.78, 5) is 14.1. The maximum Gasteiger partial charge on any atom is 0.263 e. The van der Waals surface area contributed by atoms with Gasteiger partial charge in [0.25, 0.3) is 5.91 Å². The molecule has 1 saturated heterocycles. The topological polar surface area (TPSA) is 59.0 Å². The summed E-state index contributed by atoms with van der Waals surface area (Å²) in [6.07, 6.45) is -0.586. The van der Waals surface area contributed by atoms with Crippen LogP contribution < -0.4 is 4.74 Å². The molecule has 0 aromatic heterocycles. The minimum absolute atomic E-state index is 0.0957. The first-order chi connectivity index (χ1) is 10.5. The Bertz CT molecular complexity index is 486. The quantitative estimate of drug-likeness (QED) is 0.901. The van der Waals surface area contributed by atoms with Gasteiger partial charge in [0.15, 0.2) is 6.10 Å². The molecule has 1 amide bonds. The van der Waals surface area contributed by atoms with Crippen molar-refractivity contribution in [3.8, 4) is 5.75 Å². The molecule has 1 N–H and O–H groups in total. The minimum atomic E-state index is -0.586. The number of rotatable bonds is 5. The molecule has 2 atom stereocenters. The zero-order valence-corrected chi connectivity index (χ0v) is 13.5. The van der Waals surface area contributed by atoms with Crippen molar-refractivity contribution >= 4 is 5.91 Å². The predicted molar refractivity (Wildman–Crippen MR) is 84.0 cm³/mol. The third-order valence-corrected chi connectivity index (χ3v) is 3.93. The van der Waals surface area contributed by atoms with Crippen LogP contribution in [0, 0.1) is 0 Å². The van der Waals surface area contributed by atoms with Gasteiger partial charge in [-0.15, -0.1) is 0 Å². The van der Waals surface area contributed by atoms with Gasteiger partial charge in [-0.25, -0.2) is 0 Å². The zero-order chi connectivity index (χ0) is 16.1. The standard InChI is InChI=1S/C17H25NO4/c1-12(2)14-4-6-16(7-5-14)22-13(3)17(20)18-8-9-21-11-15(18)10-19/h4-7,12-13,15,19H,8-11H2,1-3H3. The van der Waals surface area contributed by atoms with Gasteiger partial charge >= 0.3 is 0 Å². The summed E-state index contributed by atoms with van der Waals surface area (Å²) in [5, 5.41) is 9.35. The molecule has 2 unspecified atom stereocenters. The fourth-order valence-corrected chi connectivity index (χ4v) is 2.52. The molecule has 2 rings (SSSR count). The number of carbonyl (C=O) groups excluding carboxylic acids is 1. The van der Waals surface area contributed by atoms with Crippen molar-refractivity contribution < 1.29 is 19.4 Å². The summed E-state index contributed by atoms with van der Waals surface area (Å²) >= 11 is 0. The van der Waals surface area contributed by atoms with Gasteiger partial charge < -0.3 is 19.5 Å². The van der Waals surface area contributed by atoms with Crippen molar-refractivity contribution in [1.82, 2.24) is 4.90 Å². The highest BCUT2D eigenvalue weighted by Gasteiger charge is 2.30. The summed E-state index contributed by atoms with van der Waals surface area (Å²) in [6, 6.07) is 7.53. The Labute approximate surface area is 131 Å². The number of nitrogens with zero attached hydrogens (tertiary/aromatic N) is 1. The second kappa shape index (κ2) is 7.61. The maximum absolute atomic E-state index is 12.5. The fourth-order valence-electron chi connectivity index (χ4n) is 2.52. The van der Waals surface area contributed by atoms with Gasteiger partial charge in [-0.05, 0) is 30.5 Å². The summed E-state index contributed by atoms with van der Waals surface area (Å²) in [7, 11) is 0. The van der Waals surface area contributed by atoms with Crippen LogP contribution in [0.5, 0.6) is 5.75 Å². The summed E-state index contributed by atoms with van der Waals surface area (Å²) < 4.78 is 11.0. The van der Waals surface area contributed by atoms with Gasteiger partial charge in [0, 0.05) is 6.54 Å². The molecule has 0 radical (unpaired) electrons. The number of amides is 1. The van der Waals surface area contributed by atoms with Crippen LogP contribution >= 0.6 is 0 Å². The lowest BCUT2D eigenvalue weighted by Gasteiger charge is -2.35. The predicted octanol–water partition coefficient (Wildman–Crippen LogP) is 1.80. The summed E-state index contributed by atoms with van der Waals surface area (Å²) in [5.41, 5.74) is 1.24. The van der Waals surface area contributed by atoms with E-state index < -0.39 is 6.10 Å². The summed E-state index contributed by atoms with van der Waals surface area (Å²) in [6.45, 7) is 7.27. The first-order valence-electron chi connectivity index (χ1n) is 7.78. The molecule has 5 heteroatoms. The molecule has 5 nitrogen and oxygen atoms in total. The van der Waals surface area contributed by atoms with Crippen LogP contribution in [-0.2, 0) is 9.53 Å². The highest BCUT2D eigenvalue weighted by molar-refractivity contribution is 5.81. The van der Waals surface area contributed by atoms with Gasteiger partial charge in [-0.1, -0.05) is 26.0 Å². The van der Waals surface area contributed by atoms with E-state index >= 15 is 0 Å². The lowest BCUT2D eigenvalue weighted by atomic mass is 10.0. The van der Waals surface area contributed by atoms with E-state index in [1.807, 2.05) is 24.3 Å². The highest BCUT2D eigenvalue weighted by atomic mass is 16.5. The van der Waals surface area contributed by atoms with E-state index in [0.717, 1.165) is 0 Å². The van der Waals surface area contributed by atoms with Crippen molar-refractivity contribution in [2.45, 2.75) is 38.8 Å². The molecule has 0 saturated carbocycles. The smallest absolute Gasteiger partial charge is 0.263 e. The minimum Gasteiger partial charge on any atom is -0.481 e. The number of ether oxygens (including phenoxy) is 2. The molecule has 22 heavy (non-hydrogen) atoms. The van der Waals surface area contributed by atoms with Crippen LogP contribution in [0.25, 0.3) is 0 Å². The van der Waals surface area contributed by atoms with E-state index in [0.29, 0.717) is 31.4 Å². The second-order valence-electron chi connectivity index (χ2n) is 5.93. The van der Waals surface area contributed by atoms with Gasteiger partial charge in [0.05, 0.1) is 25.9 Å². The highest BCUT2D eigenvalue weighted by Crippen LogP contribution is 2.20. The monoisotopic (exact) mass is 307 g/mol. The Balaban J connectivity index is 1.98. The van der Waals surface area contributed by atoms with Crippen LogP contribution in [0.4, 0.5) is 0 Å². The third-order valence-electron chi connectivity index (χ3n) is 3.93. The van der Waals surface area contributed by atoms with Crippen LogP contribution in [0.15, 0.2) is 24.3 Å². The van der Waals surface area contributed by atoms with Crippen LogP contribution in [0.2, 0.25) is 0 Å². The van der Waals surface area contributed by atoms with Crippen LogP contribution in [0.1, 0.15) is 32.3 Å². The molecule has 1 heterocycles. The SMILES string of the molecule is CC(Oc1ccc(C(C)C)cc1)C(=O)N1CCOCC1CO. The van der Waals surface area contributed by atoms with Gasteiger partial charge in [-0.2, -0.15) is 0 Å². The normalized spacial score (nSPS) is 20.0. The molecule has 1 fully saturated rings. The molecule has 122 valence electrons. The van der Waals surface area contributed by atoms with E-state index in [-0.39, 0.29) is 18.6 Å². The molecular formula is C17H25NO4. The Hall–Kier alpha value is -1.59. The first kappa shape index (κ1) is 16.8. The maximum atomic E-state index is 12.5. The first-order valence-corrected chi connectivity index (χ1v) is 7.78. The van der Waals surface area contributed by atoms with Gasteiger partial charge in [-0.3, -0.25) is 4.79 Å². The molecule has 1 aliphatic heterocycles. The van der Waals surface area contributed by atoms with Gasteiger partial charge in [0.2, 0.25) is 0 Å². The number of carbonyl (C=O) groups is 1. The molecule has 0 spiro atoms. The number of benzene rings is 1. The van der Waals surface area contributed by atoms with Crippen molar-refractivity contribution in [3.05, 3.63) is 29.8 Å². The molecule has 1 aromatic rings. The lowest BCUT2D eigenvalue weighted by molar-refractivity contribution is -0.148. The Morgan fingerprint density at radius 1 is 1.36 bits per heavy atom. The van der Waals surface area contributed by atoms with Crippen molar-refractivity contribution in [2.75, 3.05) is 26.4 Å². The lowest BCUT2D eigenvalue weighted by Crippen LogP contribution is -2.54. The molecule has 1 aliphatic rings. The van der Waals surface area contributed by atoms with Crippen LogP contribution in [-0.4, -0.2) is 54.4 Å². The Morgan fingerprint density at radius 2 is 2.05 bits per heavy atom. The second-order valence-corrected chi connectivity index (χ2v) is 5.93. The average Bonchev–Trinajstić information content (AvgIpc) is 2.54. The Kier molecular flexibility index (Phi) is 5.80. The average molecular weight is 307 g/mol. The summed E-state index contributed by atoms with van der Waals surface area (Å²) in [5.74, 6) is 1.03.